The molecule has 1 rings (SSSR count). The predicted molar refractivity (Wildman–Crippen MR) is 56.1 cm³/mol. The van der Waals surface area contributed by atoms with Crippen LogP contribution < -0.4 is 0 Å². The van der Waals surface area contributed by atoms with Crippen molar-refractivity contribution in [3.05, 3.63) is 18.7 Å². The highest BCUT2D eigenvalue weighted by Gasteiger charge is 2.13. The van der Waals surface area contributed by atoms with Gasteiger partial charge in [-0.05, 0) is 0 Å². The molecule has 0 aliphatic heterocycles. The molecule has 1 aromatic rings. The first kappa shape index (κ1) is 12.2. The van der Waals surface area contributed by atoms with E-state index in [0.717, 1.165) is 4.57 Å². The highest BCUT2D eigenvalue weighted by atomic mass is 35.5. The molecule has 8 heteroatoms. The fraction of sp³-hybridized carbons (Fsp3) is 0.250. The van der Waals surface area contributed by atoms with Gasteiger partial charge in [0.2, 0.25) is 5.17 Å². The predicted octanol–water partition coefficient (Wildman–Crippen LogP) is 0.508. The third-order valence-corrected chi connectivity index (χ3v) is 1.73. The molecule has 16 heavy (non-hydrogen) atoms. The molecule has 7 nitrogen and oxygen atoms in total. The average molecular weight is 245 g/mol. The van der Waals surface area contributed by atoms with E-state index in [2.05, 4.69) is 15.0 Å². The van der Waals surface area contributed by atoms with Gasteiger partial charge in [0.05, 0.1) is 0 Å². The molecule has 0 saturated heterocycles. The van der Waals surface area contributed by atoms with E-state index >= 15 is 0 Å². The Bertz CT molecular complexity index is 413. The normalized spacial score (nSPS) is 11.1. The molecule has 0 saturated carbocycles. The van der Waals surface area contributed by atoms with E-state index in [0.29, 0.717) is 0 Å². The molecule has 0 atom stereocenters. The van der Waals surface area contributed by atoms with Crippen LogP contribution in [0.2, 0.25) is 0 Å². The van der Waals surface area contributed by atoms with Crippen molar-refractivity contribution in [2.75, 3.05) is 14.1 Å². The lowest BCUT2D eigenvalue weighted by Crippen LogP contribution is -2.27. The zero-order valence-electron chi connectivity index (χ0n) is 8.62. The number of hydrogen-bond acceptors (Lipinski definition) is 5. The first-order chi connectivity index (χ1) is 7.52. The van der Waals surface area contributed by atoms with Gasteiger partial charge in [-0.25, -0.2) is 14.3 Å². The quantitative estimate of drug-likeness (QED) is 0.431. The number of oxime groups is 1. The molecule has 1 aromatic heterocycles. The number of hydrogen-bond donors (Lipinski definition) is 0. The monoisotopic (exact) mass is 244 g/mol. The van der Waals surface area contributed by atoms with Crippen molar-refractivity contribution in [2.24, 2.45) is 5.16 Å². The Morgan fingerprint density at radius 1 is 1.50 bits per heavy atom. The summed E-state index contributed by atoms with van der Waals surface area (Å²) in [6.07, 6.45) is 3.21. The fourth-order valence-corrected chi connectivity index (χ4v) is 0.920. The lowest BCUT2D eigenvalue weighted by molar-refractivity contribution is -0.121. The summed E-state index contributed by atoms with van der Waals surface area (Å²) in [5.74, 6) is -0.555. The van der Waals surface area contributed by atoms with Crippen molar-refractivity contribution in [1.29, 1.82) is 0 Å². The standard InChI is InChI=1S/C8H9ClN4O3/c1-12(2)7(14)6(9)11-16-8(15)13-4-3-10-5-13/h3-5H,1-2H3/b11-6-. The van der Waals surface area contributed by atoms with E-state index in [1.54, 1.807) is 0 Å². The Morgan fingerprint density at radius 3 is 2.69 bits per heavy atom. The second-order valence-electron chi connectivity index (χ2n) is 2.91. The summed E-state index contributed by atoms with van der Waals surface area (Å²) in [6.45, 7) is 0. The molecular weight excluding hydrogens is 236 g/mol. The van der Waals surface area contributed by atoms with Crippen molar-refractivity contribution in [2.45, 2.75) is 0 Å². The van der Waals surface area contributed by atoms with Crippen molar-refractivity contribution in [1.82, 2.24) is 14.5 Å². The van der Waals surface area contributed by atoms with Gasteiger partial charge < -0.3 is 4.90 Å². The molecule has 86 valence electrons. The molecule has 0 unspecified atom stereocenters. The number of halogens is 1. The van der Waals surface area contributed by atoms with Crippen LogP contribution in [0.3, 0.4) is 0 Å². The van der Waals surface area contributed by atoms with Gasteiger partial charge in [-0.2, -0.15) is 0 Å². The molecule has 1 heterocycles. The van der Waals surface area contributed by atoms with E-state index in [-0.39, 0.29) is 0 Å². The number of aromatic nitrogens is 2. The third-order valence-electron chi connectivity index (χ3n) is 1.50. The zero-order chi connectivity index (χ0) is 12.1. The number of imidazole rings is 1. The van der Waals surface area contributed by atoms with Crippen molar-refractivity contribution in [3.8, 4) is 0 Å². The maximum absolute atomic E-state index is 11.2. The lowest BCUT2D eigenvalue weighted by Gasteiger charge is -2.06. The molecule has 0 bridgehead atoms. The van der Waals surface area contributed by atoms with Gasteiger partial charge in [-0.1, -0.05) is 16.8 Å². The van der Waals surface area contributed by atoms with Gasteiger partial charge in [0.15, 0.2) is 0 Å². The zero-order valence-corrected chi connectivity index (χ0v) is 9.38. The molecule has 0 aliphatic rings. The second-order valence-corrected chi connectivity index (χ2v) is 3.27. The Kier molecular flexibility index (Phi) is 4.01. The first-order valence-electron chi connectivity index (χ1n) is 4.17. The first-order valence-corrected chi connectivity index (χ1v) is 4.54. The largest absolute Gasteiger partial charge is 0.445 e. The van der Waals surface area contributed by atoms with Gasteiger partial charge in [-0.3, -0.25) is 9.63 Å². The summed E-state index contributed by atoms with van der Waals surface area (Å²) in [4.78, 5) is 31.7. The number of carbonyl (C=O) groups excluding carboxylic acids is 2. The topological polar surface area (TPSA) is 76.8 Å². The number of nitrogens with zero attached hydrogens (tertiary/aromatic N) is 4. The molecule has 0 spiro atoms. The van der Waals surface area contributed by atoms with Crippen molar-refractivity contribution >= 4 is 28.8 Å². The Balaban J connectivity index is 2.60. The van der Waals surface area contributed by atoms with Crippen LogP contribution in [-0.4, -0.2) is 45.7 Å². The molecular formula is C8H9ClN4O3. The molecule has 0 aliphatic carbocycles. The molecule has 1 amide bonds. The number of amides is 1. The van der Waals surface area contributed by atoms with E-state index < -0.39 is 17.2 Å². The molecule has 0 aromatic carbocycles. The van der Waals surface area contributed by atoms with E-state index in [4.69, 9.17) is 11.6 Å². The van der Waals surface area contributed by atoms with Crippen LogP contribution in [-0.2, 0) is 9.63 Å². The maximum Gasteiger partial charge on any atom is 0.445 e. The SMILES string of the molecule is CN(C)C(=O)/C(Cl)=N/OC(=O)n1ccnc1. The average Bonchev–Trinajstić information content (AvgIpc) is 2.77. The van der Waals surface area contributed by atoms with Crippen LogP contribution >= 0.6 is 11.6 Å². The summed E-state index contributed by atoms with van der Waals surface area (Å²) in [6, 6.07) is 0. The summed E-state index contributed by atoms with van der Waals surface area (Å²) in [5, 5.41) is 2.76. The van der Waals surface area contributed by atoms with Crippen LogP contribution in [0.1, 0.15) is 0 Å². The molecule has 0 fully saturated rings. The van der Waals surface area contributed by atoms with Crippen LogP contribution in [0.5, 0.6) is 0 Å². The smallest absolute Gasteiger partial charge is 0.343 e. The van der Waals surface area contributed by atoms with Gasteiger partial charge in [0.1, 0.15) is 6.33 Å². The highest BCUT2D eigenvalue weighted by molar-refractivity contribution is 6.82. The minimum Gasteiger partial charge on any atom is -0.343 e. The minimum atomic E-state index is -0.804. The minimum absolute atomic E-state index is 0.432. The summed E-state index contributed by atoms with van der Waals surface area (Å²) >= 11 is 5.49. The van der Waals surface area contributed by atoms with E-state index in [1.165, 1.54) is 37.7 Å². The molecule has 0 radical (unpaired) electrons. The Morgan fingerprint density at radius 2 is 2.19 bits per heavy atom. The van der Waals surface area contributed by atoms with Gasteiger partial charge >= 0.3 is 6.09 Å². The molecule has 0 N–H and O–H groups in total. The Labute approximate surface area is 96.2 Å². The maximum atomic E-state index is 11.2. The number of rotatable bonds is 2. The fourth-order valence-electron chi connectivity index (χ4n) is 0.717. The van der Waals surface area contributed by atoms with E-state index in [1.807, 2.05) is 0 Å². The Hall–Kier alpha value is -1.89. The van der Waals surface area contributed by atoms with Crippen LogP contribution in [0.4, 0.5) is 4.79 Å². The van der Waals surface area contributed by atoms with Crippen molar-refractivity contribution in [3.63, 3.8) is 0 Å². The van der Waals surface area contributed by atoms with Crippen molar-refractivity contribution < 1.29 is 14.4 Å². The van der Waals surface area contributed by atoms with Crippen LogP contribution in [0.25, 0.3) is 0 Å². The summed E-state index contributed by atoms with van der Waals surface area (Å²) in [5.41, 5.74) is 0. The highest BCUT2D eigenvalue weighted by Crippen LogP contribution is 1.96. The van der Waals surface area contributed by atoms with Gasteiger partial charge in [-0.15, -0.1) is 0 Å². The summed E-state index contributed by atoms with van der Waals surface area (Å²) in [7, 11) is 3.00. The number of carbonyl (C=O) groups is 2. The summed E-state index contributed by atoms with van der Waals surface area (Å²) < 4.78 is 1.05. The second kappa shape index (κ2) is 5.26. The van der Waals surface area contributed by atoms with Crippen LogP contribution in [0.15, 0.2) is 23.9 Å². The van der Waals surface area contributed by atoms with Gasteiger partial charge in [0.25, 0.3) is 5.91 Å². The van der Waals surface area contributed by atoms with Gasteiger partial charge in [0, 0.05) is 26.5 Å². The lowest BCUT2D eigenvalue weighted by atomic mass is 10.6. The van der Waals surface area contributed by atoms with E-state index in [9.17, 15) is 9.59 Å². The van der Waals surface area contributed by atoms with Crippen LogP contribution in [0, 0.1) is 0 Å². The third kappa shape index (κ3) is 3.06.